The van der Waals surface area contributed by atoms with Gasteiger partial charge in [-0.15, -0.1) is 0 Å². The molecule has 1 aromatic heterocycles. The molecule has 5 heteroatoms. The normalized spacial score (nSPS) is 12.1. The minimum Gasteiger partial charge on any atom is -0.402 e. The zero-order chi connectivity index (χ0) is 18.1. The van der Waals surface area contributed by atoms with E-state index in [1.54, 1.807) is 30.5 Å². The first-order valence-electron chi connectivity index (χ1n) is 7.80. The van der Waals surface area contributed by atoms with Crippen LogP contribution in [0.15, 0.2) is 59.2 Å². The fourth-order valence-electron chi connectivity index (χ4n) is 1.81. The number of aryl methyl sites for hydroxylation is 1. The van der Waals surface area contributed by atoms with Crippen LogP contribution in [0.1, 0.15) is 31.4 Å². The quantitative estimate of drug-likeness (QED) is 0.746. The van der Waals surface area contributed by atoms with Gasteiger partial charge in [0.05, 0.1) is 5.71 Å². The predicted molar refractivity (Wildman–Crippen MR) is 96.8 cm³/mol. The molecule has 1 heterocycles. The third-order valence-corrected chi connectivity index (χ3v) is 3.58. The van der Waals surface area contributed by atoms with Crippen LogP contribution in [0.5, 0.6) is 0 Å². The molecule has 1 atom stereocenters. The highest BCUT2D eigenvalue weighted by molar-refractivity contribution is 6.06. The van der Waals surface area contributed by atoms with Crippen LogP contribution in [-0.4, -0.2) is 10.7 Å². The van der Waals surface area contributed by atoms with Crippen molar-refractivity contribution in [1.82, 2.24) is 4.98 Å². The second-order valence-corrected chi connectivity index (χ2v) is 5.60. The van der Waals surface area contributed by atoms with Gasteiger partial charge >= 0.3 is 0 Å². The molecule has 4 N–H and O–H groups in total. The van der Waals surface area contributed by atoms with Crippen molar-refractivity contribution in [2.75, 3.05) is 0 Å². The lowest BCUT2D eigenvalue weighted by Crippen LogP contribution is -2.10. The van der Waals surface area contributed by atoms with E-state index in [1.807, 2.05) is 26.8 Å². The Morgan fingerprint density at radius 1 is 1.33 bits per heavy atom. The molecule has 0 amide bonds. The maximum Gasteiger partial charge on any atom is 0.248 e. The van der Waals surface area contributed by atoms with Crippen LogP contribution in [0.3, 0.4) is 0 Å². The van der Waals surface area contributed by atoms with Gasteiger partial charge in [-0.25, -0.2) is 4.39 Å². The smallest absolute Gasteiger partial charge is 0.248 e. The van der Waals surface area contributed by atoms with Gasteiger partial charge in [-0.2, -0.15) is 0 Å². The molecule has 0 radical (unpaired) electrons. The second-order valence-electron chi connectivity index (χ2n) is 5.60. The van der Waals surface area contributed by atoms with Gasteiger partial charge in [0.15, 0.2) is 0 Å². The van der Waals surface area contributed by atoms with Crippen molar-refractivity contribution >= 4 is 5.71 Å². The summed E-state index contributed by atoms with van der Waals surface area (Å²) in [4.78, 5) is 13.0. The van der Waals surface area contributed by atoms with E-state index in [4.69, 9.17) is 11.1 Å². The van der Waals surface area contributed by atoms with Crippen LogP contribution in [0, 0.1) is 24.1 Å². The Labute approximate surface area is 141 Å². The monoisotopic (exact) mass is 329 g/mol. The number of nitrogens with one attached hydrogen (secondary N) is 2. The highest BCUT2D eigenvalue weighted by Gasteiger charge is 2.04. The third-order valence-electron chi connectivity index (χ3n) is 3.58. The average Bonchev–Trinajstić information content (AvgIpc) is 2.55. The summed E-state index contributed by atoms with van der Waals surface area (Å²) in [7, 11) is 0. The number of pyridine rings is 1. The van der Waals surface area contributed by atoms with Crippen molar-refractivity contribution in [3.05, 3.63) is 81.7 Å². The number of H-pyrrole nitrogens is 1. The Bertz CT molecular complexity index is 748. The van der Waals surface area contributed by atoms with E-state index in [0.717, 1.165) is 12.0 Å². The number of allylic oxidation sites excluding steroid dienone is 2. The first-order chi connectivity index (χ1) is 11.3. The Kier molecular flexibility index (Phi) is 7.62. The summed E-state index contributed by atoms with van der Waals surface area (Å²) in [5.74, 6) is -0.0313. The fraction of sp³-hybridized carbons (Fsp3) is 0.263. The molecule has 4 nitrogen and oxygen atoms in total. The van der Waals surface area contributed by atoms with Crippen molar-refractivity contribution in [3.63, 3.8) is 0 Å². The standard InChI is InChI=1S/C13H17FN2.C6H7NO/c1-3-9(2)12(15)8-13(16)10-4-6-11(14)7-5-10;1-5-2-3-7-6(8)4-5/h4-9,16H,3,15H2,1-2H3;2-4H,1H3,(H,7,8)/b12-8-,16-13?;. The first kappa shape index (κ1) is 19.4. The molecule has 2 aromatic rings. The van der Waals surface area contributed by atoms with Crippen LogP contribution in [-0.2, 0) is 0 Å². The third kappa shape index (κ3) is 6.60. The maximum absolute atomic E-state index is 12.7. The number of rotatable bonds is 4. The van der Waals surface area contributed by atoms with Crippen LogP contribution in [0.2, 0.25) is 0 Å². The average molecular weight is 329 g/mol. The number of hydrogen-bond donors (Lipinski definition) is 3. The highest BCUT2D eigenvalue weighted by atomic mass is 19.1. The molecule has 0 aliphatic carbocycles. The van der Waals surface area contributed by atoms with E-state index in [-0.39, 0.29) is 17.3 Å². The summed E-state index contributed by atoms with van der Waals surface area (Å²) in [6.45, 7) is 5.95. The topological polar surface area (TPSA) is 82.7 Å². The van der Waals surface area contributed by atoms with Crippen molar-refractivity contribution in [2.24, 2.45) is 11.7 Å². The summed E-state index contributed by atoms with van der Waals surface area (Å²) in [5, 5.41) is 7.82. The molecule has 0 aliphatic heterocycles. The van der Waals surface area contributed by atoms with Gasteiger partial charge in [-0.3, -0.25) is 4.79 Å². The Morgan fingerprint density at radius 3 is 2.42 bits per heavy atom. The largest absolute Gasteiger partial charge is 0.402 e. The predicted octanol–water partition coefficient (Wildman–Crippen LogP) is 3.77. The summed E-state index contributed by atoms with van der Waals surface area (Å²) in [6, 6.07) is 9.26. The van der Waals surface area contributed by atoms with E-state index >= 15 is 0 Å². The summed E-state index contributed by atoms with van der Waals surface area (Å²) in [5.41, 5.74) is 8.48. The number of nitrogens with two attached hydrogens (primary N) is 1. The number of aromatic nitrogens is 1. The van der Waals surface area contributed by atoms with Gasteiger partial charge in [0.2, 0.25) is 5.56 Å². The Morgan fingerprint density at radius 2 is 1.96 bits per heavy atom. The lowest BCUT2D eigenvalue weighted by atomic mass is 10.0. The zero-order valence-electron chi connectivity index (χ0n) is 14.3. The molecule has 0 aliphatic rings. The van der Waals surface area contributed by atoms with Gasteiger partial charge in [-0.05, 0) is 66.8 Å². The minimum atomic E-state index is -0.296. The minimum absolute atomic E-state index is 0.0370. The molecule has 24 heavy (non-hydrogen) atoms. The molecule has 0 saturated heterocycles. The van der Waals surface area contributed by atoms with Gasteiger partial charge in [-0.1, -0.05) is 13.8 Å². The lowest BCUT2D eigenvalue weighted by Gasteiger charge is -2.09. The van der Waals surface area contributed by atoms with Gasteiger partial charge < -0.3 is 16.1 Å². The summed E-state index contributed by atoms with van der Waals surface area (Å²) < 4.78 is 12.7. The van der Waals surface area contributed by atoms with Crippen LogP contribution in [0.25, 0.3) is 0 Å². The number of benzene rings is 1. The molecule has 0 bridgehead atoms. The van der Waals surface area contributed by atoms with Gasteiger partial charge in [0.25, 0.3) is 0 Å². The zero-order valence-corrected chi connectivity index (χ0v) is 14.3. The fourth-order valence-corrected chi connectivity index (χ4v) is 1.81. The molecule has 1 aromatic carbocycles. The van der Waals surface area contributed by atoms with Crippen molar-refractivity contribution in [2.45, 2.75) is 27.2 Å². The highest BCUT2D eigenvalue weighted by Crippen LogP contribution is 2.11. The second kappa shape index (κ2) is 9.45. The van der Waals surface area contributed by atoms with Crippen molar-refractivity contribution in [3.8, 4) is 0 Å². The summed E-state index contributed by atoms with van der Waals surface area (Å²) >= 11 is 0. The van der Waals surface area contributed by atoms with Crippen molar-refractivity contribution < 1.29 is 4.39 Å². The van der Waals surface area contributed by atoms with Gasteiger partial charge in [0, 0.05) is 18.0 Å². The van der Waals surface area contributed by atoms with Crippen molar-refractivity contribution in [1.29, 1.82) is 5.41 Å². The molecule has 0 saturated carbocycles. The molecule has 0 fully saturated rings. The SMILES string of the molecule is CCC(C)/C(N)=C/C(=N)c1ccc(F)cc1.Cc1cc[nH]c(=O)c1. The molecule has 128 valence electrons. The van der Waals surface area contributed by atoms with Gasteiger partial charge in [0.1, 0.15) is 5.82 Å². The van der Waals surface area contributed by atoms with Crippen LogP contribution < -0.4 is 11.3 Å². The van der Waals surface area contributed by atoms with E-state index in [0.29, 0.717) is 17.0 Å². The first-order valence-corrected chi connectivity index (χ1v) is 7.80. The summed E-state index contributed by atoms with van der Waals surface area (Å²) in [6.07, 6.45) is 4.22. The van der Waals surface area contributed by atoms with E-state index in [9.17, 15) is 9.18 Å². The molecule has 0 spiro atoms. The Hall–Kier alpha value is -2.69. The number of halogens is 1. The molecular weight excluding hydrogens is 305 g/mol. The van der Waals surface area contributed by atoms with Crippen LogP contribution in [0.4, 0.5) is 4.39 Å². The van der Waals surface area contributed by atoms with E-state index < -0.39 is 0 Å². The molecule has 2 rings (SSSR count). The maximum atomic E-state index is 12.7. The molecule has 1 unspecified atom stereocenters. The van der Waals surface area contributed by atoms with E-state index in [1.165, 1.54) is 12.1 Å². The number of aromatic amines is 1. The number of hydrogen-bond acceptors (Lipinski definition) is 3. The Balaban J connectivity index is 0.000000300. The van der Waals surface area contributed by atoms with E-state index in [2.05, 4.69) is 4.98 Å². The molecular formula is C19H24FN3O. The lowest BCUT2D eigenvalue weighted by molar-refractivity contribution is 0.628. The van der Waals surface area contributed by atoms with Crippen LogP contribution >= 0.6 is 0 Å².